The summed E-state index contributed by atoms with van der Waals surface area (Å²) in [6.07, 6.45) is 3.96. The molecule has 1 aromatic carbocycles. The van der Waals surface area contributed by atoms with Gasteiger partial charge in [0, 0.05) is 69.5 Å². The minimum absolute atomic E-state index is 0. The Morgan fingerprint density at radius 3 is 2.43 bits per heavy atom. The highest BCUT2D eigenvalue weighted by atomic mass is 35.5. The molecule has 0 aliphatic carbocycles. The average molecular weight is 521 g/mol. The number of pyridine rings is 1. The number of halogens is 2. The lowest BCUT2D eigenvalue weighted by Gasteiger charge is -2.49. The monoisotopic (exact) mass is 519 g/mol. The highest BCUT2D eigenvalue weighted by Crippen LogP contribution is 2.34. The summed E-state index contributed by atoms with van der Waals surface area (Å²) >= 11 is 12.7. The van der Waals surface area contributed by atoms with Gasteiger partial charge in [0.25, 0.3) is 5.91 Å². The number of nitrogens with one attached hydrogen (secondary N) is 1. The summed E-state index contributed by atoms with van der Waals surface area (Å²) in [6.45, 7) is 14.3. The molecule has 6 nitrogen and oxygen atoms in total. The predicted octanol–water partition coefficient (Wildman–Crippen LogP) is 5.29. The van der Waals surface area contributed by atoms with E-state index >= 15 is 0 Å². The fraction of sp³-hybridized carbons (Fsp3) is 0.556. The summed E-state index contributed by atoms with van der Waals surface area (Å²) in [7, 11) is 0. The van der Waals surface area contributed by atoms with Crippen molar-refractivity contribution in [2.24, 2.45) is 0 Å². The fourth-order valence-corrected chi connectivity index (χ4v) is 5.97. The van der Waals surface area contributed by atoms with Gasteiger partial charge in [-0.2, -0.15) is 0 Å². The normalized spacial score (nSPS) is 20.7. The maximum Gasteiger partial charge on any atom is 0.252 e. The first-order chi connectivity index (χ1) is 16.7. The second-order valence-corrected chi connectivity index (χ2v) is 11.0. The molecule has 35 heavy (non-hydrogen) atoms. The first kappa shape index (κ1) is 26.2. The van der Waals surface area contributed by atoms with E-state index in [1.807, 2.05) is 19.1 Å². The molecule has 2 aliphatic rings. The molecule has 2 aliphatic heterocycles. The molecule has 0 unspecified atom stereocenters. The number of amides is 1. The van der Waals surface area contributed by atoms with Gasteiger partial charge in [-0.25, -0.2) is 4.98 Å². The fourth-order valence-electron chi connectivity index (χ4n) is 5.55. The summed E-state index contributed by atoms with van der Waals surface area (Å²) < 4.78 is 0. The summed E-state index contributed by atoms with van der Waals surface area (Å²) in [5, 5.41) is 4.11. The molecule has 1 atom stereocenters. The summed E-state index contributed by atoms with van der Waals surface area (Å²) in [6, 6.07) is 11.0. The molecule has 3 heterocycles. The molecule has 0 bridgehead atoms. The number of carbonyl (C=O) groups is 1. The van der Waals surface area contributed by atoms with Gasteiger partial charge < -0.3 is 10.2 Å². The average Bonchev–Trinajstić information content (AvgIpc) is 2.84. The number of rotatable bonds is 6. The van der Waals surface area contributed by atoms with E-state index in [1.54, 1.807) is 12.3 Å². The number of aromatic nitrogens is 1. The first-order valence-electron chi connectivity index (χ1n) is 12.7. The standard InChI is InChI=1S/C27H37Cl2N5O.H2/c1-5-30-26(35)20-16-24(29)25(31-17-20)32-14-15-34(19(2)18-32)23-10-12-33(13-11-23)27(3,4)21-6-8-22(28)9-7-21;/h6-9,16-17,19,23H,5,10-15,18H2,1-4H3,(H,30,35);1H/t19-;/m0./s1. The molecule has 0 saturated carbocycles. The van der Waals surface area contributed by atoms with Crippen LogP contribution in [-0.4, -0.2) is 72.0 Å². The number of piperazine rings is 1. The van der Waals surface area contributed by atoms with Gasteiger partial charge >= 0.3 is 0 Å². The van der Waals surface area contributed by atoms with Gasteiger partial charge in [0.05, 0.1) is 10.6 Å². The lowest BCUT2D eigenvalue weighted by molar-refractivity contribution is 0.0290. The van der Waals surface area contributed by atoms with Crippen LogP contribution >= 0.6 is 23.2 Å². The van der Waals surface area contributed by atoms with E-state index in [9.17, 15) is 4.79 Å². The van der Waals surface area contributed by atoms with Crippen molar-refractivity contribution in [1.29, 1.82) is 0 Å². The van der Waals surface area contributed by atoms with E-state index in [-0.39, 0.29) is 12.9 Å². The molecule has 4 rings (SSSR count). The maximum absolute atomic E-state index is 12.1. The quantitative estimate of drug-likeness (QED) is 0.561. The summed E-state index contributed by atoms with van der Waals surface area (Å²) in [4.78, 5) is 24.2. The number of likely N-dealkylation sites (tertiary alicyclic amines) is 1. The number of anilines is 1. The Morgan fingerprint density at radius 2 is 1.83 bits per heavy atom. The molecule has 192 valence electrons. The Hall–Kier alpha value is -1.86. The van der Waals surface area contributed by atoms with E-state index in [0.717, 1.165) is 43.6 Å². The van der Waals surface area contributed by atoms with Crippen molar-refractivity contribution >= 4 is 34.9 Å². The van der Waals surface area contributed by atoms with E-state index in [2.05, 4.69) is 57.9 Å². The van der Waals surface area contributed by atoms with Crippen LogP contribution in [-0.2, 0) is 5.54 Å². The Labute approximate surface area is 221 Å². The predicted molar refractivity (Wildman–Crippen MR) is 147 cm³/mol. The van der Waals surface area contributed by atoms with Crippen LogP contribution in [0.15, 0.2) is 36.5 Å². The van der Waals surface area contributed by atoms with Crippen LogP contribution in [0.2, 0.25) is 10.0 Å². The van der Waals surface area contributed by atoms with E-state index in [1.165, 1.54) is 18.4 Å². The van der Waals surface area contributed by atoms with Crippen LogP contribution < -0.4 is 10.2 Å². The largest absolute Gasteiger partial charge is 0.353 e. The lowest BCUT2D eigenvalue weighted by atomic mass is 9.89. The van der Waals surface area contributed by atoms with Gasteiger partial charge in [0.15, 0.2) is 0 Å². The van der Waals surface area contributed by atoms with Crippen molar-refractivity contribution in [3.05, 3.63) is 57.7 Å². The topological polar surface area (TPSA) is 51.7 Å². The third-order valence-corrected chi connectivity index (χ3v) is 8.20. The third-order valence-electron chi connectivity index (χ3n) is 7.67. The van der Waals surface area contributed by atoms with Crippen LogP contribution in [0, 0.1) is 0 Å². The number of nitrogens with zero attached hydrogens (tertiary/aromatic N) is 4. The summed E-state index contributed by atoms with van der Waals surface area (Å²) in [5.74, 6) is 0.628. The maximum atomic E-state index is 12.1. The van der Waals surface area contributed by atoms with Crippen molar-refractivity contribution in [3.8, 4) is 0 Å². The van der Waals surface area contributed by atoms with E-state index in [0.29, 0.717) is 29.2 Å². The van der Waals surface area contributed by atoms with Gasteiger partial charge in [-0.3, -0.25) is 14.6 Å². The highest BCUT2D eigenvalue weighted by molar-refractivity contribution is 6.33. The minimum atomic E-state index is -0.141. The SMILES string of the molecule is CCNC(=O)c1cnc(N2CCN(C3CCN(C(C)(C)c4ccc(Cl)cc4)CC3)[C@@H](C)C2)c(Cl)c1.[HH]. The van der Waals surface area contributed by atoms with Gasteiger partial charge in [-0.15, -0.1) is 0 Å². The zero-order chi connectivity index (χ0) is 25.2. The Bertz CT molecular complexity index is 1030. The molecular weight excluding hydrogens is 481 g/mol. The minimum Gasteiger partial charge on any atom is -0.353 e. The van der Waals surface area contributed by atoms with Crippen LogP contribution in [0.25, 0.3) is 0 Å². The molecule has 2 saturated heterocycles. The second kappa shape index (κ2) is 11.0. The molecule has 1 aromatic heterocycles. The van der Waals surface area contributed by atoms with Crippen molar-refractivity contribution in [2.45, 2.75) is 58.2 Å². The Balaban J connectivity index is 0.00000361. The van der Waals surface area contributed by atoms with Gasteiger partial charge in [0.2, 0.25) is 0 Å². The van der Waals surface area contributed by atoms with Crippen LogP contribution in [0.4, 0.5) is 5.82 Å². The van der Waals surface area contributed by atoms with Crippen molar-refractivity contribution < 1.29 is 6.22 Å². The van der Waals surface area contributed by atoms with E-state index in [4.69, 9.17) is 23.2 Å². The van der Waals surface area contributed by atoms with Gasteiger partial charge in [-0.1, -0.05) is 35.3 Å². The van der Waals surface area contributed by atoms with Crippen molar-refractivity contribution in [2.75, 3.05) is 44.2 Å². The zero-order valence-electron chi connectivity index (χ0n) is 21.2. The van der Waals surface area contributed by atoms with Gasteiger partial charge in [0.1, 0.15) is 5.82 Å². The first-order valence-corrected chi connectivity index (χ1v) is 13.4. The molecule has 8 heteroatoms. The molecule has 2 fully saturated rings. The number of benzene rings is 1. The number of piperidine rings is 1. The second-order valence-electron chi connectivity index (χ2n) is 10.2. The number of hydrogen-bond donors (Lipinski definition) is 1. The number of carbonyl (C=O) groups excluding carboxylic acids is 1. The molecule has 1 N–H and O–H groups in total. The highest BCUT2D eigenvalue weighted by Gasteiger charge is 2.36. The smallest absolute Gasteiger partial charge is 0.252 e. The van der Waals surface area contributed by atoms with Crippen LogP contribution in [0.5, 0.6) is 0 Å². The molecule has 0 radical (unpaired) electrons. The zero-order valence-corrected chi connectivity index (χ0v) is 22.7. The van der Waals surface area contributed by atoms with Crippen molar-refractivity contribution in [3.63, 3.8) is 0 Å². The Kier molecular flexibility index (Phi) is 8.26. The van der Waals surface area contributed by atoms with Crippen LogP contribution in [0.1, 0.15) is 57.9 Å². The van der Waals surface area contributed by atoms with E-state index < -0.39 is 0 Å². The molecule has 1 amide bonds. The third kappa shape index (κ3) is 5.77. The van der Waals surface area contributed by atoms with Crippen molar-refractivity contribution in [1.82, 2.24) is 20.1 Å². The lowest BCUT2D eigenvalue weighted by Crippen LogP contribution is -2.58. The molecule has 2 aromatic rings. The molecular formula is C27H39Cl2N5O. The molecule has 0 spiro atoms. The van der Waals surface area contributed by atoms with Gasteiger partial charge in [-0.05, 0) is 64.3 Å². The van der Waals surface area contributed by atoms with Crippen LogP contribution in [0.3, 0.4) is 0 Å². The number of hydrogen-bond acceptors (Lipinski definition) is 5. The summed E-state index contributed by atoms with van der Waals surface area (Å²) in [5.41, 5.74) is 1.80. The Morgan fingerprint density at radius 1 is 1.14 bits per heavy atom.